The highest BCUT2D eigenvalue weighted by Gasteiger charge is 2.37. The van der Waals surface area contributed by atoms with Crippen LogP contribution < -0.4 is 0 Å². The molecule has 2 saturated heterocycles. The lowest BCUT2D eigenvalue weighted by atomic mass is 9.90. The van der Waals surface area contributed by atoms with Crippen LogP contribution in [-0.4, -0.2) is 90.0 Å². The maximum atomic E-state index is 12.1. The zero-order chi connectivity index (χ0) is 18.0. The van der Waals surface area contributed by atoms with Gasteiger partial charge in [-0.05, 0) is 73.6 Å². The molecule has 6 heteroatoms. The van der Waals surface area contributed by atoms with E-state index in [1.807, 2.05) is 20.8 Å². The molecule has 0 aromatic heterocycles. The van der Waals surface area contributed by atoms with Crippen LogP contribution >= 0.6 is 0 Å². The Bertz CT molecular complexity index is 418. The number of piperidine rings is 2. The van der Waals surface area contributed by atoms with Crippen molar-refractivity contribution in [2.75, 3.05) is 46.8 Å². The molecule has 0 aromatic rings. The molecular formula is C18H35N3O3. The predicted octanol–water partition coefficient (Wildman–Crippen LogP) is 1.77. The fourth-order valence-electron chi connectivity index (χ4n) is 3.60. The van der Waals surface area contributed by atoms with E-state index in [1.165, 1.54) is 0 Å². The normalized spacial score (nSPS) is 23.5. The number of hydrogen-bond donors (Lipinski definition) is 1. The summed E-state index contributed by atoms with van der Waals surface area (Å²) >= 11 is 0. The standard InChI is InChI=1S/C18H35N3O3/c1-17(2,3)24-16(22)21-12-8-18(23,9-13-21)14-20-10-6-15(7-11-20)19(4)5/h15,23H,6-14H2,1-5H3. The van der Waals surface area contributed by atoms with Crippen molar-refractivity contribution in [1.29, 1.82) is 0 Å². The maximum absolute atomic E-state index is 12.1. The van der Waals surface area contributed by atoms with Crippen LogP contribution in [0, 0.1) is 0 Å². The van der Waals surface area contributed by atoms with Crippen molar-refractivity contribution in [3.8, 4) is 0 Å². The molecule has 0 atom stereocenters. The van der Waals surface area contributed by atoms with E-state index in [4.69, 9.17) is 4.74 Å². The molecule has 0 aliphatic carbocycles. The zero-order valence-electron chi connectivity index (χ0n) is 16.0. The third-order valence-corrected chi connectivity index (χ3v) is 5.15. The van der Waals surface area contributed by atoms with E-state index >= 15 is 0 Å². The number of carbonyl (C=O) groups is 1. The Morgan fingerprint density at radius 1 is 1.17 bits per heavy atom. The average Bonchev–Trinajstić information content (AvgIpc) is 2.46. The topological polar surface area (TPSA) is 56.2 Å². The summed E-state index contributed by atoms with van der Waals surface area (Å²) in [4.78, 5) is 18.5. The van der Waals surface area contributed by atoms with Crippen molar-refractivity contribution in [2.24, 2.45) is 0 Å². The fourth-order valence-corrected chi connectivity index (χ4v) is 3.60. The molecule has 2 aliphatic heterocycles. The second-order valence-corrected chi connectivity index (χ2v) is 8.66. The van der Waals surface area contributed by atoms with Gasteiger partial charge in [-0.1, -0.05) is 0 Å². The van der Waals surface area contributed by atoms with E-state index < -0.39 is 11.2 Å². The number of β-amino-alcohol motifs (C(OH)–C–C–N with tert-alkyl or cyclic N) is 1. The number of hydrogen-bond acceptors (Lipinski definition) is 5. The minimum Gasteiger partial charge on any atom is -0.444 e. The van der Waals surface area contributed by atoms with Gasteiger partial charge in [0.25, 0.3) is 0 Å². The van der Waals surface area contributed by atoms with Gasteiger partial charge < -0.3 is 24.5 Å². The first-order valence-corrected chi connectivity index (χ1v) is 9.17. The third kappa shape index (κ3) is 5.60. The van der Waals surface area contributed by atoms with Crippen LogP contribution in [0.4, 0.5) is 4.79 Å². The molecule has 24 heavy (non-hydrogen) atoms. The van der Waals surface area contributed by atoms with E-state index in [9.17, 15) is 9.90 Å². The van der Waals surface area contributed by atoms with Gasteiger partial charge in [0.2, 0.25) is 0 Å². The lowest BCUT2D eigenvalue weighted by Crippen LogP contribution is -2.54. The molecule has 2 rings (SSSR count). The largest absolute Gasteiger partial charge is 0.444 e. The molecule has 140 valence electrons. The molecule has 0 saturated carbocycles. The van der Waals surface area contributed by atoms with Crippen molar-refractivity contribution < 1.29 is 14.6 Å². The Hall–Kier alpha value is -0.850. The molecule has 0 spiro atoms. The van der Waals surface area contributed by atoms with Gasteiger partial charge in [-0.3, -0.25) is 0 Å². The monoisotopic (exact) mass is 341 g/mol. The minimum atomic E-state index is -0.677. The maximum Gasteiger partial charge on any atom is 0.410 e. The Morgan fingerprint density at radius 2 is 1.71 bits per heavy atom. The Labute approximate surface area is 146 Å². The van der Waals surface area contributed by atoms with Crippen molar-refractivity contribution in [1.82, 2.24) is 14.7 Å². The summed E-state index contributed by atoms with van der Waals surface area (Å²) in [6, 6.07) is 0.657. The molecule has 6 nitrogen and oxygen atoms in total. The zero-order valence-corrected chi connectivity index (χ0v) is 16.0. The van der Waals surface area contributed by atoms with Crippen LogP contribution in [0.5, 0.6) is 0 Å². The molecule has 1 N–H and O–H groups in total. The van der Waals surface area contributed by atoms with Crippen LogP contribution in [0.1, 0.15) is 46.5 Å². The molecule has 2 aliphatic rings. The number of amides is 1. The second-order valence-electron chi connectivity index (χ2n) is 8.66. The van der Waals surface area contributed by atoms with E-state index in [1.54, 1.807) is 4.90 Å². The Morgan fingerprint density at radius 3 is 2.17 bits per heavy atom. The van der Waals surface area contributed by atoms with Crippen molar-refractivity contribution in [3.05, 3.63) is 0 Å². The molecule has 0 bridgehead atoms. The SMILES string of the molecule is CN(C)C1CCN(CC2(O)CCN(C(=O)OC(C)(C)C)CC2)CC1. The number of rotatable bonds is 3. The summed E-state index contributed by atoms with van der Waals surface area (Å²) in [7, 11) is 4.28. The van der Waals surface area contributed by atoms with Crippen LogP contribution in [-0.2, 0) is 4.74 Å². The Balaban J connectivity index is 1.77. The second kappa shape index (κ2) is 7.58. The number of carbonyl (C=O) groups excluding carboxylic acids is 1. The lowest BCUT2D eigenvalue weighted by molar-refractivity contribution is -0.0547. The summed E-state index contributed by atoms with van der Waals surface area (Å²) in [6.07, 6.45) is 3.30. The quantitative estimate of drug-likeness (QED) is 0.848. The highest BCUT2D eigenvalue weighted by atomic mass is 16.6. The smallest absolute Gasteiger partial charge is 0.410 e. The number of nitrogens with zero attached hydrogens (tertiary/aromatic N) is 3. The number of aliphatic hydroxyl groups is 1. The van der Waals surface area contributed by atoms with Crippen LogP contribution in [0.25, 0.3) is 0 Å². The molecule has 2 heterocycles. The molecule has 0 unspecified atom stereocenters. The molecule has 0 radical (unpaired) electrons. The van der Waals surface area contributed by atoms with Gasteiger partial charge in [0, 0.05) is 25.7 Å². The van der Waals surface area contributed by atoms with E-state index in [-0.39, 0.29) is 6.09 Å². The van der Waals surface area contributed by atoms with Gasteiger partial charge in [0.05, 0.1) is 5.60 Å². The summed E-state index contributed by atoms with van der Waals surface area (Å²) in [6.45, 7) is 9.57. The molecular weight excluding hydrogens is 306 g/mol. The molecule has 1 amide bonds. The van der Waals surface area contributed by atoms with Crippen molar-refractivity contribution in [2.45, 2.75) is 63.7 Å². The van der Waals surface area contributed by atoms with E-state index in [0.717, 1.165) is 32.5 Å². The summed E-state index contributed by atoms with van der Waals surface area (Å²) < 4.78 is 5.42. The molecule has 0 aromatic carbocycles. The lowest BCUT2D eigenvalue weighted by Gasteiger charge is -2.43. The summed E-state index contributed by atoms with van der Waals surface area (Å²) in [5.41, 5.74) is -1.15. The predicted molar refractivity (Wildman–Crippen MR) is 95.1 cm³/mol. The first-order chi connectivity index (χ1) is 11.1. The molecule has 2 fully saturated rings. The van der Waals surface area contributed by atoms with Gasteiger partial charge in [-0.25, -0.2) is 4.79 Å². The van der Waals surface area contributed by atoms with Crippen molar-refractivity contribution >= 4 is 6.09 Å². The average molecular weight is 341 g/mol. The fraction of sp³-hybridized carbons (Fsp3) is 0.944. The minimum absolute atomic E-state index is 0.267. The highest BCUT2D eigenvalue weighted by molar-refractivity contribution is 5.68. The first-order valence-electron chi connectivity index (χ1n) is 9.17. The van der Waals surface area contributed by atoms with Gasteiger partial charge in [-0.15, -0.1) is 0 Å². The third-order valence-electron chi connectivity index (χ3n) is 5.15. The highest BCUT2D eigenvalue weighted by Crippen LogP contribution is 2.26. The van der Waals surface area contributed by atoms with Crippen molar-refractivity contribution in [3.63, 3.8) is 0 Å². The Kier molecular flexibility index (Phi) is 6.15. The number of ether oxygens (including phenoxy) is 1. The first kappa shape index (κ1) is 19.5. The number of likely N-dealkylation sites (tertiary alicyclic amines) is 2. The van der Waals surface area contributed by atoms with Gasteiger partial charge in [-0.2, -0.15) is 0 Å². The summed E-state index contributed by atoms with van der Waals surface area (Å²) in [5.74, 6) is 0. The van der Waals surface area contributed by atoms with Crippen LogP contribution in [0.15, 0.2) is 0 Å². The van der Waals surface area contributed by atoms with Gasteiger partial charge >= 0.3 is 6.09 Å². The van der Waals surface area contributed by atoms with E-state index in [2.05, 4.69) is 23.9 Å². The van der Waals surface area contributed by atoms with Gasteiger partial charge in [0.1, 0.15) is 5.60 Å². The van der Waals surface area contributed by atoms with Crippen LogP contribution in [0.3, 0.4) is 0 Å². The van der Waals surface area contributed by atoms with Gasteiger partial charge in [0.15, 0.2) is 0 Å². The van der Waals surface area contributed by atoms with E-state index in [0.29, 0.717) is 32.0 Å². The van der Waals surface area contributed by atoms with Crippen LogP contribution in [0.2, 0.25) is 0 Å². The summed E-state index contributed by atoms with van der Waals surface area (Å²) in [5, 5.41) is 10.9.